The minimum Gasteiger partial charge on any atom is -0.384 e. The summed E-state index contributed by atoms with van der Waals surface area (Å²) >= 11 is 0. The van der Waals surface area contributed by atoms with Crippen molar-refractivity contribution in [3.8, 4) is 0 Å². The van der Waals surface area contributed by atoms with Gasteiger partial charge < -0.3 is 10.1 Å². The molecule has 0 fully saturated rings. The highest BCUT2D eigenvalue weighted by molar-refractivity contribution is 5.41. The Morgan fingerprint density at radius 3 is 2.82 bits per heavy atom. The van der Waals surface area contributed by atoms with E-state index in [9.17, 15) is 13.2 Å². The second-order valence-corrected chi connectivity index (χ2v) is 4.15. The van der Waals surface area contributed by atoms with E-state index in [0.717, 1.165) is 11.6 Å². The normalized spacial score (nSPS) is 20.1. The maximum absolute atomic E-state index is 12.8. The van der Waals surface area contributed by atoms with E-state index in [1.165, 1.54) is 6.07 Å². The number of hydrogen-bond acceptors (Lipinski definition) is 2. The van der Waals surface area contributed by atoms with Crippen molar-refractivity contribution in [3.63, 3.8) is 0 Å². The largest absolute Gasteiger partial charge is 0.416 e. The first-order chi connectivity index (χ1) is 8.04. The Hall–Kier alpha value is -1.07. The molecule has 1 unspecified atom stereocenters. The van der Waals surface area contributed by atoms with E-state index in [1.807, 2.05) is 0 Å². The molecule has 0 amide bonds. The van der Waals surface area contributed by atoms with Gasteiger partial charge in [-0.3, -0.25) is 0 Å². The van der Waals surface area contributed by atoms with Gasteiger partial charge in [0, 0.05) is 26.1 Å². The average molecular weight is 245 g/mol. The van der Waals surface area contributed by atoms with Crippen LogP contribution < -0.4 is 5.32 Å². The summed E-state index contributed by atoms with van der Waals surface area (Å²) < 4.78 is 43.5. The number of halogens is 3. The van der Waals surface area contributed by atoms with Crippen molar-refractivity contribution >= 4 is 0 Å². The fourth-order valence-corrected chi connectivity index (χ4v) is 2.28. The zero-order chi connectivity index (χ0) is 12.5. The number of benzene rings is 1. The molecular formula is C12H14F3NO. The van der Waals surface area contributed by atoms with Crippen molar-refractivity contribution in [2.24, 2.45) is 0 Å². The summed E-state index contributed by atoms with van der Waals surface area (Å²) in [6, 6.07) is 4.36. The van der Waals surface area contributed by atoms with Crippen molar-refractivity contribution in [1.82, 2.24) is 5.32 Å². The highest BCUT2D eigenvalue weighted by Crippen LogP contribution is 2.36. The molecule has 5 heteroatoms. The molecule has 0 aliphatic carbocycles. The summed E-state index contributed by atoms with van der Waals surface area (Å²) in [5.41, 5.74) is 0.567. The molecule has 2 rings (SSSR count). The van der Waals surface area contributed by atoms with Crippen molar-refractivity contribution < 1.29 is 17.9 Å². The van der Waals surface area contributed by atoms with Gasteiger partial charge in [0.15, 0.2) is 0 Å². The smallest absolute Gasteiger partial charge is 0.384 e. The molecule has 0 spiro atoms. The van der Waals surface area contributed by atoms with E-state index in [4.69, 9.17) is 4.74 Å². The molecule has 2 nitrogen and oxygen atoms in total. The Morgan fingerprint density at radius 1 is 1.41 bits per heavy atom. The van der Waals surface area contributed by atoms with Gasteiger partial charge in [-0.15, -0.1) is 0 Å². The number of fused-ring (bicyclic) bond motifs is 1. The predicted molar refractivity (Wildman–Crippen MR) is 57.8 cm³/mol. The van der Waals surface area contributed by atoms with Crippen molar-refractivity contribution in [1.29, 1.82) is 0 Å². The molecule has 1 heterocycles. The van der Waals surface area contributed by atoms with Gasteiger partial charge in [0.05, 0.1) is 12.2 Å². The van der Waals surface area contributed by atoms with Crippen LogP contribution in [-0.4, -0.2) is 20.3 Å². The molecule has 0 saturated carbocycles. The van der Waals surface area contributed by atoms with E-state index in [1.54, 1.807) is 13.2 Å². The zero-order valence-electron chi connectivity index (χ0n) is 9.47. The summed E-state index contributed by atoms with van der Waals surface area (Å²) in [6.07, 6.45) is -4.29. The Morgan fingerprint density at radius 2 is 2.18 bits per heavy atom. The molecule has 1 aromatic carbocycles. The van der Waals surface area contributed by atoms with Crippen LogP contribution in [0.25, 0.3) is 0 Å². The van der Waals surface area contributed by atoms with E-state index in [0.29, 0.717) is 18.7 Å². The number of nitrogens with one attached hydrogen (secondary N) is 1. The molecule has 1 aliphatic heterocycles. The predicted octanol–water partition coefficient (Wildman–Crippen LogP) is 2.54. The Balaban J connectivity index is 2.44. The minimum absolute atomic E-state index is 0.00829. The molecular weight excluding hydrogens is 231 g/mol. The lowest BCUT2D eigenvalue weighted by Gasteiger charge is -2.28. The molecule has 0 aromatic heterocycles. The number of alkyl halides is 3. The SMILES string of the molecule is COCC1CNCc2c1cccc2C(F)(F)F. The standard InChI is InChI=1S/C12H14F3NO/c1-17-7-8-5-16-6-10-9(8)3-2-4-11(10)12(13,14)15/h2-4,8,16H,5-7H2,1H3. The quantitative estimate of drug-likeness (QED) is 0.864. The van der Waals surface area contributed by atoms with E-state index < -0.39 is 11.7 Å². The van der Waals surface area contributed by atoms with Gasteiger partial charge >= 0.3 is 6.18 Å². The summed E-state index contributed by atoms with van der Waals surface area (Å²) in [4.78, 5) is 0. The van der Waals surface area contributed by atoms with Crippen LogP contribution in [0, 0.1) is 0 Å². The molecule has 17 heavy (non-hydrogen) atoms. The van der Waals surface area contributed by atoms with Gasteiger partial charge in [-0.25, -0.2) is 0 Å². The van der Waals surface area contributed by atoms with Gasteiger partial charge in [0.25, 0.3) is 0 Å². The second kappa shape index (κ2) is 4.66. The number of ether oxygens (including phenoxy) is 1. The molecule has 1 N–H and O–H groups in total. The Kier molecular flexibility index (Phi) is 3.40. The van der Waals surface area contributed by atoms with Gasteiger partial charge in [-0.2, -0.15) is 13.2 Å². The molecule has 0 saturated heterocycles. The Bertz CT molecular complexity index is 403. The molecule has 1 aromatic rings. The van der Waals surface area contributed by atoms with Crippen LogP contribution >= 0.6 is 0 Å². The molecule has 1 aliphatic rings. The first-order valence-corrected chi connectivity index (χ1v) is 5.42. The van der Waals surface area contributed by atoms with Crippen LogP contribution in [0.4, 0.5) is 13.2 Å². The van der Waals surface area contributed by atoms with Gasteiger partial charge in [0.1, 0.15) is 0 Å². The fraction of sp³-hybridized carbons (Fsp3) is 0.500. The van der Waals surface area contributed by atoms with Crippen LogP contribution in [0.5, 0.6) is 0 Å². The van der Waals surface area contributed by atoms with Gasteiger partial charge in [0.2, 0.25) is 0 Å². The highest BCUT2D eigenvalue weighted by atomic mass is 19.4. The zero-order valence-corrected chi connectivity index (χ0v) is 9.47. The molecule has 94 valence electrons. The lowest BCUT2D eigenvalue weighted by Crippen LogP contribution is -2.32. The monoisotopic (exact) mass is 245 g/mol. The average Bonchev–Trinajstić information content (AvgIpc) is 2.28. The van der Waals surface area contributed by atoms with Crippen molar-refractivity contribution in [2.45, 2.75) is 18.6 Å². The van der Waals surface area contributed by atoms with Crippen molar-refractivity contribution in [2.75, 3.05) is 20.3 Å². The minimum atomic E-state index is -4.29. The lowest BCUT2D eigenvalue weighted by atomic mass is 9.88. The number of methoxy groups -OCH3 is 1. The van der Waals surface area contributed by atoms with Crippen LogP contribution in [0.3, 0.4) is 0 Å². The summed E-state index contributed by atoms with van der Waals surface area (Å²) in [6.45, 7) is 1.36. The molecule has 0 radical (unpaired) electrons. The number of hydrogen-bond donors (Lipinski definition) is 1. The number of rotatable bonds is 2. The van der Waals surface area contributed by atoms with Crippen LogP contribution in [0.15, 0.2) is 18.2 Å². The third kappa shape index (κ3) is 2.45. The van der Waals surface area contributed by atoms with E-state index >= 15 is 0 Å². The Labute approximate surface area is 97.8 Å². The van der Waals surface area contributed by atoms with E-state index in [2.05, 4.69) is 5.32 Å². The molecule has 1 atom stereocenters. The third-order valence-corrected chi connectivity index (χ3v) is 3.02. The van der Waals surface area contributed by atoms with Crippen LogP contribution in [0.2, 0.25) is 0 Å². The second-order valence-electron chi connectivity index (χ2n) is 4.15. The summed E-state index contributed by atoms with van der Waals surface area (Å²) in [7, 11) is 1.56. The first kappa shape index (κ1) is 12.4. The lowest BCUT2D eigenvalue weighted by molar-refractivity contribution is -0.138. The van der Waals surface area contributed by atoms with Crippen LogP contribution in [-0.2, 0) is 17.5 Å². The third-order valence-electron chi connectivity index (χ3n) is 3.02. The summed E-state index contributed by atoms with van der Waals surface area (Å²) in [5, 5.41) is 3.01. The maximum Gasteiger partial charge on any atom is 0.416 e. The fourth-order valence-electron chi connectivity index (χ4n) is 2.28. The maximum atomic E-state index is 12.8. The summed E-state index contributed by atoms with van der Waals surface area (Å²) in [5.74, 6) is -0.00829. The molecule has 0 bridgehead atoms. The van der Waals surface area contributed by atoms with Crippen LogP contribution in [0.1, 0.15) is 22.6 Å². The van der Waals surface area contributed by atoms with Crippen molar-refractivity contribution in [3.05, 3.63) is 34.9 Å². The van der Waals surface area contributed by atoms with Gasteiger partial charge in [-0.1, -0.05) is 12.1 Å². The van der Waals surface area contributed by atoms with Gasteiger partial charge in [-0.05, 0) is 17.2 Å². The highest BCUT2D eigenvalue weighted by Gasteiger charge is 2.35. The first-order valence-electron chi connectivity index (χ1n) is 5.42. The van der Waals surface area contributed by atoms with E-state index in [-0.39, 0.29) is 12.5 Å². The topological polar surface area (TPSA) is 21.3 Å².